The normalized spacial score (nSPS) is 10.8. The molecular formula is C14H9Cl3N2O2. The lowest BCUT2D eigenvalue weighted by atomic mass is 10.2. The molecule has 0 fully saturated rings. The molecule has 2 N–H and O–H groups in total. The number of amides is 1. The quantitative estimate of drug-likeness (QED) is 0.650. The van der Waals surface area contributed by atoms with Crippen LogP contribution in [0, 0.1) is 0 Å². The third kappa shape index (κ3) is 3.88. The minimum Gasteiger partial charge on any atom is -0.506 e. The lowest BCUT2D eigenvalue weighted by molar-refractivity contribution is 0.0955. The van der Waals surface area contributed by atoms with Gasteiger partial charge in [0.15, 0.2) is 0 Å². The smallest absolute Gasteiger partial charge is 0.272 e. The lowest BCUT2D eigenvalue weighted by Gasteiger charge is -2.03. The number of nitrogens with one attached hydrogen (secondary N) is 1. The zero-order valence-corrected chi connectivity index (χ0v) is 12.7. The van der Waals surface area contributed by atoms with Crippen LogP contribution >= 0.6 is 34.8 Å². The van der Waals surface area contributed by atoms with Crippen LogP contribution in [-0.4, -0.2) is 17.2 Å². The second-order valence-electron chi connectivity index (χ2n) is 4.00. The van der Waals surface area contributed by atoms with Gasteiger partial charge in [0, 0.05) is 10.6 Å². The molecule has 2 aromatic carbocycles. The first-order valence-corrected chi connectivity index (χ1v) is 6.88. The average molecular weight is 344 g/mol. The summed E-state index contributed by atoms with van der Waals surface area (Å²) < 4.78 is 0. The molecule has 4 nitrogen and oxygen atoms in total. The standard InChI is InChI=1S/C14H9Cl3N2O2/c15-9-5-8(13(20)12(17)6-9)7-18-19-14(21)10-3-1-2-4-11(10)16/h1-7,20H,(H,19,21)/b18-7-. The van der Waals surface area contributed by atoms with Crippen molar-refractivity contribution in [1.82, 2.24) is 5.43 Å². The summed E-state index contributed by atoms with van der Waals surface area (Å²) in [5.41, 5.74) is 2.88. The van der Waals surface area contributed by atoms with Gasteiger partial charge < -0.3 is 5.11 Å². The van der Waals surface area contributed by atoms with Gasteiger partial charge in [0.2, 0.25) is 0 Å². The highest BCUT2D eigenvalue weighted by atomic mass is 35.5. The maximum Gasteiger partial charge on any atom is 0.272 e. The zero-order valence-electron chi connectivity index (χ0n) is 10.5. The van der Waals surface area contributed by atoms with Gasteiger partial charge in [-0.05, 0) is 24.3 Å². The largest absolute Gasteiger partial charge is 0.506 e. The van der Waals surface area contributed by atoms with Crippen LogP contribution in [0.15, 0.2) is 41.5 Å². The van der Waals surface area contributed by atoms with Gasteiger partial charge in [-0.25, -0.2) is 5.43 Å². The van der Waals surface area contributed by atoms with Crippen molar-refractivity contribution in [1.29, 1.82) is 0 Å². The van der Waals surface area contributed by atoms with E-state index in [1.54, 1.807) is 24.3 Å². The number of hydrogen-bond acceptors (Lipinski definition) is 3. The Labute approximate surface area is 135 Å². The minimum atomic E-state index is -0.468. The Hall–Kier alpha value is -1.75. The van der Waals surface area contributed by atoms with Crippen molar-refractivity contribution in [3.8, 4) is 5.75 Å². The Morgan fingerprint density at radius 3 is 2.57 bits per heavy atom. The molecule has 7 heteroatoms. The van der Waals surface area contributed by atoms with Crippen LogP contribution in [0.5, 0.6) is 5.75 Å². The van der Waals surface area contributed by atoms with E-state index in [0.717, 1.165) is 0 Å². The summed E-state index contributed by atoms with van der Waals surface area (Å²) in [5, 5.41) is 14.2. The number of nitrogens with zero attached hydrogens (tertiary/aromatic N) is 1. The molecule has 0 radical (unpaired) electrons. The molecule has 2 aromatic rings. The Bertz CT molecular complexity index is 717. The van der Waals surface area contributed by atoms with Crippen LogP contribution in [-0.2, 0) is 0 Å². The molecule has 0 saturated heterocycles. The number of carbonyl (C=O) groups excluding carboxylic acids is 1. The summed E-state index contributed by atoms with van der Waals surface area (Å²) in [7, 11) is 0. The average Bonchev–Trinajstić information content (AvgIpc) is 2.44. The topological polar surface area (TPSA) is 61.7 Å². The molecule has 108 valence electrons. The highest BCUT2D eigenvalue weighted by Crippen LogP contribution is 2.29. The van der Waals surface area contributed by atoms with E-state index in [0.29, 0.717) is 15.6 Å². The van der Waals surface area contributed by atoms with E-state index in [1.165, 1.54) is 18.3 Å². The molecule has 0 aliphatic rings. The zero-order chi connectivity index (χ0) is 15.4. The van der Waals surface area contributed by atoms with Crippen molar-refractivity contribution < 1.29 is 9.90 Å². The molecule has 0 heterocycles. The maximum absolute atomic E-state index is 11.9. The molecule has 0 aromatic heterocycles. The Balaban J connectivity index is 2.13. The number of halogens is 3. The van der Waals surface area contributed by atoms with Gasteiger partial charge in [-0.3, -0.25) is 4.79 Å². The maximum atomic E-state index is 11.9. The van der Waals surface area contributed by atoms with Gasteiger partial charge in [0.25, 0.3) is 5.91 Å². The third-order valence-corrected chi connectivity index (χ3v) is 3.38. The van der Waals surface area contributed by atoms with E-state index in [-0.39, 0.29) is 16.3 Å². The number of carbonyl (C=O) groups is 1. The highest BCUT2D eigenvalue weighted by Gasteiger charge is 2.09. The summed E-state index contributed by atoms with van der Waals surface area (Å²) in [6, 6.07) is 9.44. The van der Waals surface area contributed by atoms with Crippen molar-refractivity contribution in [3.63, 3.8) is 0 Å². The third-order valence-electron chi connectivity index (χ3n) is 2.55. The van der Waals surface area contributed by atoms with Crippen molar-refractivity contribution in [2.45, 2.75) is 0 Å². The van der Waals surface area contributed by atoms with Crippen molar-refractivity contribution in [2.75, 3.05) is 0 Å². The summed E-state index contributed by atoms with van der Waals surface area (Å²) in [5.74, 6) is -0.638. The van der Waals surface area contributed by atoms with Crippen LogP contribution in [0.3, 0.4) is 0 Å². The van der Waals surface area contributed by atoms with Gasteiger partial charge >= 0.3 is 0 Å². The fourth-order valence-electron chi connectivity index (χ4n) is 1.55. The molecule has 0 saturated carbocycles. The number of phenols is 1. The van der Waals surface area contributed by atoms with Crippen LogP contribution in [0.1, 0.15) is 15.9 Å². The Kier molecular flexibility index (Phi) is 5.07. The van der Waals surface area contributed by atoms with Crippen molar-refractivity contribution in [2.24, 2.45) is 5.10 Å². The molecule has 2 rings (SSSR count). The molecular weight excluding hydrogens is 335 g/mol. The van der Waals surface area contributed by atoms with Crippen LogP contribution < -0.4 is 5.43 Å². The van der Waals surface area contributed by atoms with E-state index in [9.17, 15) is 9.90 Å². The SMILES string of the molecule is O=C(N/N=C\c1cc(Cl)cc(Cl)c1O)c1ccccc1Cl. The first-order chi connectivity index (χ1) is 9.99. The van der Waals surface area contributed by atoms with Gasteiger partial charge in [-0.2, -0.15) is 5.10 Å². The Morgan fingerprint density at radius 2 is 1.86 bits per heavy atom. The molecule has 0 aliphatic carbocycles. The number of hydrogen-bond donors (Lipinski definition) is 2. The molecule has 0 aliphatic heterocycles. The molecule has 0 bridgehead atoms. The van der Waals surface area contributed by atoms with Crippen LogP contribution in [0.4, 0.5) is 0 Å². The fraction of sp³-hybridized carbons (Fsp3) is 0. The predicted octanol–water partition coefficient (Wildman–Crippen LogP) is 4.12. The van der Waals surface area contributed by atoms with E-state index < -0.39 is 5.91 Å². The molecule has 0 spiro atoms. The summed E-state index contributed by atoms with van der Waals surface area (Å²) in [4.78, 5) is 11.9. The van der Waals surface area contributed by atoms with E-state index in [4.69, 9.17) is 34.8 Å². The number of benzene rings is 2. The molecule has 21 heavy (non-hydrogen) atoms. The molecule has 0 atom stereocenters. The van der Waals surface area contributed by atoms with E-state index >= 15 is 0 Å². The summed E-state index contributed by atoms with van der Waals surface area (Å²) >= 11 is 17.5. The Morgan fingerprint density at radius 1 is 1.14 bits per heavy atom. The monoisotopic (exact) mass is 342 g/mol. The first-order valence-electron chi connectivity index (χ1n) is 5.75. The number of hydrazone groups is 1. The van der Waals surface area contributed by atoms with Crippen LogP contribution in [0.25, 0.3) is 0 Å². The molecule has 1 amide bonds. The number of aromatic hydroxyl groups is 1. The first kappa shape index (κ1) is 15.6. The molecule has 0 unspecified atom stereocenters. The fourth-order valence-corrected chi connectivity index (χ4v) is 2.28. The summed E-state index contributed by atoms with van der Waals surface area (Å²) in [6.07, 6.45) is 1.24. The number of phenolic OH excluding ortho intramolecular Hbond substituents is 1. The van der Waals surface area contributed by atoms with Crippen molar-refractivity contribution in [3.05, 3.63) is 62.6 Å². The van der Waals surface area contributed by atoms with E-state index in [1.807, 2.05) is 0 Å². The summed E-state index contributed by atoms with van der Waals surface area (Å²) in [6.45, 7) is 0. The second-order valence-corrected chi connectivity index (χ2v) is 5.26. The van der Waals surface area contributed by atoms with Crippen LogP contribution in [0.2, 0.25) is 15.1 Å². The number of rotatable bonds is 3. The van der Waals surface area contributed by atoms with Gasteiger partial charge in [0.05, 0.1) is 21.8 Å². The predicted molar refractivity (Wildman–Crippen MR) is 84.6 cm³/mol. The van der Waals surface area contributed by atoms with Gasteiger partial charge in [-0.1, -0.05) is 46.9 Å². The minimum absolute atomic E-state index is 0.0985. The van der Waals surface area contributed by atoms with Crippen molar-refractivity contribution >= 4 is 46.9 Å². The second kappa shape index (κ2) is 6.80. The van der Waals surface area contributed by atoms with E-state index in [2.05, 4.69) is 10.5 Å². The lowest BCUT2D eigenvalue weighted by Crippen LogP contribution is -2.17. The van der Waals surface area contributed by atoms with Gasteiger partial charge in [-0.15, -0.1) is 0 Å². The van der Waals surface area contributed by atoms with Gasteiger partial charge in [0.1, 0.15) is 5.75 Å². The highest BCUT2D eigenvalue weighted by molar-refractivity contribution is 6.36.